The maximum absolute atomic E-state index is 12.9. The standard InChI is InChI=1S/C19H27N3O5S/c1-27-19(24)17-8-6-16(7-9-17)18(23)20-12-14-22(15-13-20)28(25,26)21-10-4-2-3-5-11-21/h6-9H,2-5,10-15H2,1H3. The third-order valence-electron chi connectivity index (χ3n) is 5.30. The fourth-order valence-corrected chi connectivity index (χ4v) is 5.28. The van der Waals surface area contributed by atoms with Crippen molar-refractivity contribution in [3.05, 3.63) is 35.4 Å². The maximum atomic E-state index is 12.9. The number of ether oxygens (including phenoxy) is 1. The number of piperazine rings is 1. The van der Waals surface area contributed by atoms with Crippen LogP contribution < -0.4 is 0 Å². The van der Waals surface area contributed by atoms with Gasteiger partial charge in [0.05, 0.1) is 12.7 Å². The minimum atomic E-state index is -3.46. The summed E-state index contributed by atoms with van der Waals surface area (Å²) in [5.41, 5.74) is 0.851. The molecule has 2 aliphatic rings. The summed E-state index contributed by atoms with van der Waals surface area (Å²) in [7, 11) is -2.16. The van der Waals surface area contributed by atoms with Crippen molar-refractivity contribution in [2.45, 2.75) is 25.7 Å². The third kappa shape index (κ3) is 4.53. The summed E-state index contributed by atoms with van der Waals surface area (Å²) in [6, 6.07) is 6.29. The average molecular weight is 410 g/mol. The van der Waals surface area contributed by atoms with E-state index in [2.05, 4.69) is 4.74 Å². The first-order valence-corrected chi connectivity index (χ1v) is 11.1. The molecule has 2 saturated heterocycles. The second-order valence-corrected chi connectivity index (χ2v) is 9.01. The molecule has 2 aliphatic heterocycles. The summed E-state index contributed by atoms with van der Waals surface area (Å²) in [4.78, 5) is 25.8. The highest BCUT2D eigenvalue weighted by molar-refractivity contribution is 7.86. The van der Waals surface area contributed by atoms with E-state index in [1.165, 1.54) is 11.4 Å². The normalized spacial score (nSPS) is 19.8. The molecule has 9 heteroatoms. The van der Waals surface area contributed by atoms with Gasteiger partial charge in [-0.15, -0.1) is 0 Å². The second kappa shape index (κ2) is 9.02. The monoisotopic (exact) mass is 409 g/mol. The molecule has 0 bridgehead atoms. The lowest BCUT2D eigenvalue weighted by atomic mass is 10.1. The molecule has 0 N–H and O–H groups in total. The number of carbonyl (C=O) groups is 2. The predicted octanol–water partition coefficient (Wildman–Crippen LogP) is 1.35. The zero-order chi connectivity index (χ0) is 20.1. The number of methoxy groups -OCH3 is 1. The molecule has 1 aromatic rings. The molecule has 0 aromatic heterocycles. The topological polar surface area (TPSA) is 87.2 Å². The number of rotatable bonds is 4. The highest BCUT2D eigenvalue weighted by Gasteiger charge is 2.33. The molecule has 0 aliphatic carbocycles. The van der Waals surface area contributed by atoms with Gasteiger partial charge in [0.1, 0.15) is 0 Å². The zero-order valence-corrected chi connectivity index (χ0v) is 17.0. The van der Waals surface area contributed by atoms with E-state index in [1.54, 1.807) is 33.5 Å². The number of hydrogen-bond acceptors (Lipinski definition) is 5. The molecule has 28 heavy (non-hydrogen) atoms. The minimum Gasteiger partial charge on any atom is -0.465 e. The molecule has 8 nitrogen and oxygen atoms in total. The first-order valence-electron chi connectivity index (χ1n) is 9.66. The molecule has 1 amide bonds. The van der Waals surface area contributed by atoms with Crippen LogP contribution >= 0.6 is 0 Å². The Morgan fingerprint density at radius 3 is 1.82 bits per heavy atom. The summed E-state index contributed by atoms with van der Waals surface area (Å²) >= 11 is 0. The molecule has 0 radical (unpaired) electrons. The number of hydrogen-bond donors (Lipinski definition) is 0. The molecule has 0 unspecified atom stereocenters. The van der Waals surface area contributed by atoms with Crippen LogP contribution in [0.15, 0.2) is 24.3 Å². The van der Waals surface area contributed by atoms with Crippen molar-refractivity contribution >= 4 is 22.1 Å². The lowest BCUT2D eigenvalue weighted by Crippen LogP contribution is -2.54. The molecule has 154 valence electrons. The van der Waals surface area contributed by atoms with Crippen molar-refractivity contribution in [2.24, 2.45) is 0 Å². The molecule has 3 rings (SSSR count). The fraction of sp³-hybridized carbons (Fsp3) is 0.579. The number of esters is 1. The Morgan fingerprint density at radius 2 is 1.29 bits per heavy atom. The molecule has 0 spiro atoms. The van der Waals surface area contributed by atoms with Crippen LogP contribution in [-0.4, -0.2) is 80.2 Å². The summed E-state index contributed by atoms with van der Waals surface area (Å²) in [5.74, 6) is -0.616. The Hall–Kier alpha value is -1.97. The fourth-order valence-electron chi connectivity index (χ4n) is 3.61. The van der Waals surface area contributed by atoms with Gasteiger partial charge in [0.25, 0.3) is 16.1 Å². The Bertz CT molecular complexity index is 793. The van der Waals surface area contributed by atoms with E-state index in [4.69, 9.17) is 0 Å². The summed E-state index contributed by atoms with van der Waals surface area (Å²) in [5, 5.41) is 0. The highest BCUT2D eigenvalue weighted by atomic mass is 32.2. The van der Waals surface area contributed by atoms with E-state index in [0.717, 1.165) is 25.7 Å². The lowest BCUT2D eigenvalue weighted by molar-refractivity contribution is 0.0599. The summed E-state index contributed by atoms with van der Waals surface area (Å²) < 4.78 is 33.5. The van der Waals surface area contributed by atoms with Gasteiger partial charge >= 0.3 is 5.97 Å². The van der Waals surface area contributed by atoms with E-state index >= 15 is 0 Å². The van der Waals surface area contributed by atoms with Gasteiger partial charge in [0, 0.05) is 44.8 Å². The van der Waals surface area contributed by atoms with Crippen molar-refractivity contribution < 1.29 is 22.7 Å². The van der Waals surface area contributed by atoms with Crippen LogP contribution in [-0.2, 0) is 14.9 Å². The van der Waals surface area contributed by atoms with Gasteiger partial charge in [0.15, 0.2) is 0 Å². The van der Waals surface area contributed by atoms with Gasteiger partial charge in [-0.3, -0.25) is 4.79 Å². The Labute approximate surface area is 166 Å². The predicted molar refractivity (Wildman–Crippen MR) is 104 cm³/mol. The van der Waals surface area contributed by atoms with Gasteiger partial charge in [-0.25, -0.2) is 4.79 Å². The quantitative estimate of drug-likeness (QED) is 0.701. The van der Waals surface area contributed by atoms with Crippen LogP contribution in [0.2, 0.25) is 0 Å². The first kappa shape index (κ1) is 20.8. The largest absolute Gasteiger partial charge is 0.465 e. The van der Waals surface area contributed by atoms with Crippen LogP contribution in [0.5, 0.6) is 0 Å². The molecule has 2 fully saturated rings. The van der Waals surface area contributed by atoms with E-state index in [1.807, 2.05) is 0 Å². The van der Waals surface area contributed by atoms with Crippen LogP contribution in [0, 0.1) is 0 Å². The first-order chi connectivity index (χ1) is 13.4. The average Bonchev–Trinajstić information content (AvgIpc) is 3.03. The summed E-state index contributed by atoms with van der Waals surface area (Å²) in [6.07, 6.45) is 3.95. The van der Waals surface area contributed by atoms with Crippen LogP contribution in [0.25, 0.3) is 0 Å². The van der Waals surface area contributed by atoms with Crippen molar-refractivity contribution in [2.75, 3.05) is 46.4 Å². The van der Waals surface area contributed by atoms with Gasteiger partial charge in [-0.1, -0.05) is 12.8 Å². The van der Waals surface area contributed by atoms with Gasteiger partial charge in [-0.2, -0.15) is 17.0 Å². The van der Waals surface area contributed by atoms with E-state index in [-0.39, 0.29) is 5.91 Å². The molecule has 1 aromatic carbocycles. The van der Waals surface area contributed by atoms with Crippen LogP contribution in [0.4, 0.5) is 0 Å². The van der Waals surface area contributed by atoms with Crippen molar-refractivity contribution in [3.63, 3.8) is 0 Å². The number of amides is 1. The number of carbonyl (C=O) groups excluding carboxylic acids is 2. The third-order valence-corrected chi connectivity index (χ3v) is 7.33. The van der Waals surface area contributed by atoms with Gasteiger partial charge in [0.2, 0.25) is 0 Å². The van der Waals surface area contributed by atoms with E-state index < -0.39 is 16.2 Å². The zero-order valence-electron chi connectivity index (χ0n) is 16.2. The Balaban J connectivity index is 1.60. The molecule has 0 atom stereocenters. The van der Waals surface area contributed by atoms with Crippen LogP contribution in [0.1, 0.15) is 46.4 Å². The molecular weight excluding hydrogens is 382 g/mol. The minimum absolute atomic E-state index is 0.164. The number of nitrogens with zero attached hydrogens (tertiary/aromatic N) is 3. The SMILES string of the molecule is COC(=O)c1ccc(C(=O)N2CCN(S(=O)(=O)N3CCCCCC3)CC2)cc1. The van der Waals surface area contributed by atoms with Crippen molar-refractivity contribution in [3.8, 4) is 0 Å². The maximum Gasteiger partial charge on any atom is 0.337 e. The highest BCUT2D eigenvalue weighted by Crippen LogP contribution is 2.19. The second-order valence-electron chi connectivity index (χ2n) is 7.08. The van der Waals surface area contributed by atoms with Gasteiger partial charge in [-0.05, 0) is 37.1 Å². The molecule has 2 heterocycles. The van der Waals surface area contributed by atoms with E-state index in [9.17, 15) is 18.0 Å². The van der Waals surface area contributed by atoms with E-state index in [0.29, 0.717) is 50.4 Å². The lowest BCUT2D eigenvalue weighted by Gasteiger charge is -2.36. The molecule has 0 saturated carbocycles. The van der Waals surface area contributed by atoms with Crippen molar-refractivity contribution in [1.82, 2.24) is 13.5 Å². The Morgan fingerprint density at radius 1 is 0.786 bits per heavy atom. The summed E-state index contributed by atoms with van der Waals surface area (Å²) in [6.45, 7) is 2.45. The molecular formula is C19H27N3O5S. The van der Waals surface area contributed by atoms with Gasteiger partial charge < -0.3 is 9.64 Å². The smallest absolute Gasteiger partial charge is 0.337 e. The van der Waals surface area contributed by atoms with Crippen molar-refractivity contribution in [1.29, 1.82) is 0 Å². The van der Waals surface area contributed by atoms with Crippen LogP contribution in [0.3, 0.4) is 0 Å². The Kier molecular flexibility index (Phi) is 6.69. The number of benzene rings is 1.